The molecule has 1 saturated heterocycles. The van der Waals surface area contributed by atoms with Gasteiger partial charge < -0.3 is 14.6 Å². The van der Waals surface area contributed by atoms with Crippen molar-refractivity contribution in [3.63, 3.8) is 0 Å². The van der Waals surface area contributed by atoms with Crippen LogP contribution in [0.5, 0.6) is 0 Å². The molecular weight excluding hydrogens is 294 g/mol. The monoisotopic (exact) mass is 317 g/mol. The Kier molecular flexibility index (Phi) is 4.66. The number of carbonyl (C=O) groups is 1. The van der Waals surface area contributed by atoms with E-state index in [0.717, 1.165) is 43.3 Å². The molecular formula is C16H23N5O2. The van der Waals surface area contributed by atoms with E-state index >= 15 is 0 Å². The summed E-state index contributed by atoms with van der Waals surface area (Å²) in [7, 11) is 0. The summed E-state index contributed by atoms with van der Waals surface area (Å²) in [6.07, 6.45) is 1.61. The second-order valence-corrected chi connectivity index (χ2v) is 5.90. The molecule has 23 heavy (non-hydrogen) atoms. The third kappa shape index (κ3) is 3.73. The Balaban J connectivity index is 1.45. The van der Waals surface area contributed by atoms with Gasteiger partial charge in [-0.3, -0.25) is 14.8 Å². The molecule has 0 saturated carbocycles. The van der Waals surface area contributed by atoms with Crippen molar-refractivity contribution < 1.29 is 9.21 Å². The van der Waals surface area contributed by atoms with Crippen LogP contribution in [0.1, 0.15) is 17.1 Å². The summed E-state index contributed by atoms with van der Waals surface area (Å²) < 4.78 is 5.21. The largest absolute Gasteiger partial charge is 0.467 e. The minimum atomic E-state index is 0.0329. The molecule has 0 aromatic carbocycles. The molecule has 0 atom stereocenters. The van der Waals surface area contributed by atoms with Gasteiger partial charge >= 0.3 is 0 Å². The van der Waals surface area contributed by atoms with E-state index < -0.39 is 0 Å². The van der Waals surface area contributed by atoms with E-state index in [9.17, 15) is 4.79 Å². The van der Waals surface area contributed by atoms with E-state index in [1.807, 2.05) is 26.0 Å². The van der Waals surface area contributed by atoms with Crippen LogP contribution in [-0.2, 0) is 11.3 Å². The van der Waals surface area contributed by atoms with Crippen LogP contribution in [0.25, 0.3) is 0 Å². The topological polar surface area (TPSA) is 77.4 Å². The summed E-state index contributed by atoms with van der Waals surface area (Å²) in [6.45, 7) is 8.50. The fourth-order valence-corrected chi connectivity index (χ4v) is 3.00. The van der Waals surface area contributed by atoms with Gasteiger partial charge in [-0.25, -0.2) is 0 Å². The van der Waals surface area contributed by atoms with Gasteiger partial charge in [0.25, 0.3) is 0 Å². The first-order valence-electron chi connectivity index (χ1n) is 7.91. The molecule has 2 aromatic rings. The standard InChI is InChI=1S/C16H23N5O2/c1-12-16(13(2)19-18-12)21-7-5-20(6-8-21)11-15(22)17-10-14-4-3-9-23-14/h3-4,9H,5-8,10-11H2,1-2H3,(H,17,22)(H,18,19). The molecule has 7 nitrogen and oxygen atoms in total. The molecule has 1 aliphatic rings. The second-order valence-electron chi connectivity index (χ2n) is 5.90. The number of hydrogen-bond acceptors (Lipinski definition) is 5. The molecule has 0 bridgehead atoms. The maximum absolute atomic E-state index is 12.0. The summed E-state index contributed by atoms with van der Waals surface area (Å²) in [6, 6.07) is 3.68. The number of piperazine rings is 1. The fourth-order valence-electron chi connectivity index (χ4n) is 3.00. The maximum atomic E-state index is 12.0. The summed E-state index contributed by atoms with van der Waals surface area (Å²) in [5, 5.41) is 10.2. The van der Waals surface area contributed by atoms with Gasteiger partial charge in [-0.2, -0.15) is 5.10 Å². The van der Waals surface area contributed by atoms with Crippen molar-refractivity contribution in [2.24, 2.45) is 0 Å². The van der Waals surface area contributed by atoms with E-state index in [4.69, 9.17) is 4.42 Å². The number of furan rings is 1. The maximum Gasteiger partial charge on any atom is 0.234 e. The quantitative estimate of drug-likeness (QED) is 0.862. The molecule has 2 aromatic heterocycles. The second kappa shape index (κ2) is 6.87. The predicted octanol–water partition coefficient (Wildman–Crippen LogP) is 1.06. The summed E-state index contributed by atoms with van der Waals surface area (Å²) in [5.74, 6) is 0.805. The molecule has 124 valence electrons. The van der Waals surface area contributed by atoms with Crippen LogP contribution in [0, 0.1) is 13.8 Å². The van der Waals surface area contributed by atoms with Crippen molar-refractivity contribution in [3.05, 3.63) is 35.5 Å². The first-order valence-corrected chi connectivity index (χ1v) is 7.91. The van der Waals surface area contributed by atoms with Crippen LogP contribution in [0.15, 0.2) is 22.8 Å². The zero-order valence-corrected chi connectivity index (χ0v) is 13.6. The highest BCUT2D eigenvalue weighted by molar-refractivity contribution is 5.78. The molecule has 0 spiro atoms. The fraction of sp³-hybridized carbons (Fsp3) is 0.500. The molecule has 0 radical (unpaired) electrons. The van der Waals surface area contributed by atoms with Gasteiger partial charge in [0.15, 0.2) is 0 Å². The van der Waals surface area contributed by atoms with Crippen LogP contribution >= 0.6 is 0 Å². The number of anilines is 1. The Morgan fingerprint density at radius 2 is 2.13 bits per heavy atom. The summed E-state index contributed by atoms with van der Waals surface area (Å²) in [5.41, 5.74) is 3.34. The Labute approximate surface area is 135 Å². The Hall–Kier alpha value is -2.28. The number of aromatic amines is 1. The number of aryl methyl sites for hydroxylation is 2. The number of H-pyrrole nitrogens is 1. The van der Waals surface area contributed by atoms with Gasteiger partial charge in [-0.15, -0.1) is 0 Å². The third-order valence-corrected chi connectivity index (χ3v) is 4.18. The lowest BCUT2D eigenvalue weighted by Gasteiger charge is -2.35. The van der Waals surface area contributed by atoms with Crippen LogP contribution in [0.3, 0.4) is 0 Å². The average molecular weight is 317 g/mol. The smallest absolute Gasteiger partial charge is 0.234 e. The minimum Gasteiger partial charge on any atom is -0.467 e. The molecule has 2 N–H and O–H groups in total. The van der Waals surface area contributed by atoms with E-state index in [1.165, 1.54) is 5.69 Å². The molecule has 0 unspecified atom stereocenters. The van der Waals surface area contributed by atoms with Crippen molar-refractivity contribution in [2.45, 2.75) is 20.4 Å². The van der Waals surface area contributed by atoms with Gasteiger partial charge in [-0.1, -0.05) is 0 Å². The van der Waals surface area contributed by atoms with Gasteiger partial charge in [-0.05, 0) is 26.0 Å². The molecule has 3 rings (SSSR count). The molecule has 7 heteroatoms. The Bertz CT molecular complexity index is 622. The highest BCUT2D eigenvalue weighted by Gasteiger charge is 2.22. The average Bonchev–Trinajstić information content (AvgIpc) is 3.17. The van der Waals surface area contributed by atoms with Crippen molar-refractivity contribution >= 4 is 11.6 Å². The predicted molar refractivity (Wildman–Crippen MR) is 87.3 cm³/mol. The molecule has 1 fully saturated rings. The van der Waals surface area contributed by atoms with Gasteiger partial charge in [0.05, 0.1) is 36.4 Å². The van der Waals surface area contributed by atoms with Crippen LogP contribution in [0.2, 0.25) is 0 Å². The zero-order valence-electron chi connectivity index (χ0n) is 13.6. The minimum absolute atomic E-state index is 0.0329. The van der Waals surface area contributed by atoms with Crippen molar-refractivity contribution in [1.82, 2.24) is 20.4 Å². The van der Waals surface area contributed by atoms with Crippen LogP contribution < -0.4 is 10.2 Å². The Morgan fingerprint density at radius 3 is 2.74 bits per heavy atom. The number of carbonyl (C=O) groups excluding carboxylic acids is 1. The number of nitrogens with zero attached hydrogens (tertiary/aromatic N) is 3. The zero-order chi connectivity index (χ0) is 16.2. The molecule has 0 aliphatic carbocycles. The van der Waals surface area contributed by atoms with Gasteiger partial charge in [0.1, 0.15) is 5.76 Å². The van der Waals surface area contributed by atoms with Crippen LogP contribution in [-0.4, -0.2) is 53.7 Å². The number of aromatic nitrogens is 2. The van der Waals surface area contributed by atoms with E-state index in [-0.39, 0.29) is 5.91 Å². The van der Waals surface area contributed by atoms with E-state index in [2.05, 4.69) is 25.3 Å². The van der Waals surface area contributed by atoms with Gasteiger partial charge in [0, 0.05) is 26.2 Å². The number of amides is 1. The lowest BCUT2D eigenvalue weighted by Crippen LogP contribution is -2.49. The van der Waals surface area contributed by atoms with Crippen molar-refractivity contribution in [2.75, 3.05) is 37.6 Å². The number of nitrogens with one attached hydrogen (secondary N) is 2. The van der Waals surface area contributed by atoms with E-state index in [1.54, 1.807) is 6.26 Å². The Morgan fingerprint density at radius 1 is 1.35 bits per heavy atom. The lowest BCUT2D eigenvalue weighted by molar-refractivity contribution is -0.122. The summed E-state index contributed by atoms with van der Waals surface area (Å²) in [4.78, 5) is 16.5. The SMILES string of the molecule is Cc1n[nH]c(C)c1N1CCN(CC(=O)NCc2ccco2)CC1. The summed E-state index contributed by atoms with van der Waals surface area (Å²) >= 11 is 0. The molecule has 3 heterocycles. The first kappa shape index (κ1) is 15.6. The lowest BCUT2D eigenvalue weighted by atomic mass is 10.2. The third-order valence-electron chi connectivity index (χ3n) is 4.18. The highest BCUT2D eigenvalue weighted by Crippen LogP contribution is 2.23. The molecule has 1 aliphatic heterocycles. The van der Waals surface area contributed by atoms with Gasteiger partial charge in [0.2, 0.25) is 5.91 Å². The highest BCUT2D eigenvalue weighted by atomic mass is 16.3. The number of hydrogen-bond donors (Lipinski definition) is 2. The molecule has 1 amide bonds. The van der Waals surface area contributed by atoms with E-state index in [0.29, 0.717) is 13.1 Å². The normalized spacial score (nSPS) is 15.8. The van der Waals surface area contributed by atoms with Crippen molar-refractivity contribution in [1.29, 1.82) is 0 Å². The van der Waals surface area contributed by atoms with Crippen molar-refractivity contribution in [3.8, 4) is 0 Å². The van der Waals surface area contributed by atoms with Crippen LogP contribution in [0.4, 0.5) is 5.69 Å². The first-order chi connectivity index (χ1) is 11.1. The number of rotatable bonds is 5.